The molecule has 110 valence electrons. The van der Waals surface area contributed by atoms with E-state index in [2.05, 4.69) is 5.32 Å². The van der Waals surface area contributed by atoms with Crippen molar-refractivity contribution in [1.29, 1.82) is 0 Å². The first-order chi connectivity index (χ1) is 9.40. The van der Waals surface area contributed by atoms with Gasteiger partial charge in [-0.05, 0) is 37.1 Å². The predicted molar refractivity (Wildman–Crippen MR) is 73.2 cm³/mol. The number of rotatable bonds is 6. The molecule has 1 amide bonds. The number of hydrogen-bond acceptors (Lipinski definition) is 4. The van der Waals surface area contributed by atoms with E-state index >= 15 is 0 Å². The van der Waals surface area contributed by atoms with Crippen LogP contribution in [-0.2, 0) is 9.53 Å². The molecule has 0 spiro atoms. The number of ether oxygens (including phenoxy) is 2. The first-order valence-corrected chi connectivity index (χ1v) is 6.09. The molecule has 1 unspecified atom stereocenters. The first kappa shape index (κ1) is 16.0. The molecule has 1 aromatic carbocycles. The van der Waals surface area contributed by atoms with E-state index in [0.29, 0.717) is 5.56 Å². The van der Waals surface area contributed by atoms with E-state index in [1.165, 1.54) is 7.11 Å². The molecule has 1 rings (SSSR count). The van der Waals surface area contributed by atoms with Crippen LogP contribution in [0, 0.1) is 13.8 Å². The molecule has 6 heteroatoms. The van der Waals surface area contributed by atoms with Gasteiger partial charge in [0.15, 0.2) is 6.10 Å². The summed E-state index contributed by atoms with van der Waals surface area (Å²) in [6.45, 7) is 3.60. The Balaban J connectivity index is 2.81. The zero-order valence-corrected chi connectivity index (χ0v) is 12.0. The van der Waals surface area contributed by atoms with Gasteiger partial charge in [-0.1, -0.05) is 0 Å². The van der Waals surface area contributed by atoms with Crippen LogP contribution in [0.3, 0.4) is 0 Å². The van der Waals surface area contributed by atoms with E-state index in [-0.39, 0.29) is 12.5 Å². The lowest BCUT2D eigenvalue weighted by atomic mass is 10.1. The summed E-state index contributed by atoms with van der Waals surface area (Å²) in [6, 6.07) is 3.40. The highest BCUT2D eigenvalue weighted by Gasteiger charge is 2.18. The predicted octanol–water partition coefficient (Wildman–Crippen LogP) is 1.14. The average molecular weight is 281 g/mol. The Morgan fingerprint density at radius 3 is 2.20 bits per heavy atom. The van der Waals surface area contributed by atoms with Crippen LogP contribution in [0.1, 0.15) is 21.5 Å². The summed E-state index contributed by atoms with van der Waals surface area (Å²) in [4.78, 5) is 22.8. The largest absolute Gasteiger partial charge is 0.496 e. The molecule has 0 aromatic heterocycles. The zero-order valence-electron chi connectivity index (χ0n) is 12.0. The van der Waals surface area contributed by atoms with E-state index in [1.807, 2.05) is 13.8 Å². The summed E-state index contributed by atoms with van der Waals surface area (Å²) >= 11 is 0. The fourth-order valence-corrected chi connectivity index (χ4v) is 1.96. The summed E-state index contributed by atoms with van der Waals surface area (Å²) < 4.78 is 9.98. The van der Waals surface area contributed by atoms with Crippen LogP contribution in [0.5, 0.6) is 5.75 Å². The molecule has 0 saturated carbocycles. The third-order valence-corrected chi connectivity index (χ3v) is 2.93. The average Bonchev–Trinajstić information content (AvgIpc) is 2.38. The topological polar surface area (TPSA) is 84.9 Å². The van der Waals surface area contributed by atoms with Crippen LogP contribution in [0.25, 0.3) is 0 Å². The molecule has 0 aliphatic heterocycles. The standard InChI is InChI=1S/C14H19NO5/c1-8-5-10(6-9(2)12(8)20-4)13(16)15-7-11(19-3)14(17)18/h5-6,11H,7H2,1-4H3,(H,15,16)(H,17,18). The smallest absolute Gasteiger partial charge is 0.334 e. The SMILES string of the molecule is COc1c(C)cc(C(=O)NCC(OC)C(=O)O)cc1C. The molecule has 0 heterocycles. The van der Waals surface area contributed by atoms with Gasteiger partial charge in [0.25, 0.3) is 5.91 Å². The quantitative estimate of drug-likeness (QED) is 0.817. The summed E-state index contributed by atoms with van der Waals surface area (Å²) in [5.74, 6) is -0.723. The fraction of sp³-hybridized carbons (Fsp3) is 0.429. The van der Waals surface area contributed by atoms with Crippen LogP contribution in [0.2, 0.25) is 0 Å². The van der Waals surface area contributed by atoms with E-state index in [1.54, 1.807) is 19.2 Å². The Labute approximate surface area is 117 Å². The van der Waals surface area contributed by atoms with Crippen molar-refractivity contribution in [3.63, 3.8) is 0 Å². The maximum Gasteiger partial charge on any atom is 0.334 e. The third kappa shape index (κ3) is 3.71. The highest BCUT2D eigenvalue weighted by Crippen LogP contribution is 2.24. The van der Waals surface area contributed by atoms with E-state index in [0.717, 1.165) is 16.9 Å². The van der Waals surface area contributed by atoms with Crippen molar-refractivity contribution in [2.45, 2.75) is 20.0 Å². The summed E-state index contributed by atoms with van der Waals surface area (Å²) in [7, 11) is 2.86. The Morgan fingerprint density at radius 2 is 1.80 bits per heavy atom. The second-order valence-corrected chi connectivity index (χ2v) is 4.42. The van der Waals surface area contributed by atoms with Crippen molar-refractivity contribution in [1.82, 2.24) is 5.32 Å². The van der Waals surface area contributed by atoms with Crippen molar-refractivity contribution in [3.8, 4) is 5.75 Å². The lowest BCUT2D eigenvalue weighted by Gasteiger charge is -2.13. The zero-order chi connectivity index (χ0) is 15.3. The number of benzene rings is 1. The molecular formula is C14H19NO5. The Hall–Kier alpha value is -2.08. The van der Waals surface area contributed by atoms with Crippen LogP contribution in [0.15, 0.2) is 12.1 Å². The molecule has 1 atom stereocenters. The molecule has 0 bridgehead atoms. The third-order valence-electron chi connectivity index (χ3n) is 2.93. The molecule has 0 saturated heterocycles. The molecule has 20 heavy (non-hydrogen) atoms. The monoisotopic (exact) mass is 281 g/mol. The molecular weight excluding hydrogens is 262 g/mol. The molecule has 0 fully saturated rings. The lowest BCUT2D eigenvalue weighted by molar-refractivity contribution is -0.148. The number of carboxylic acids is 1. The van der Waals surface area contributed by atoms with Gasteiger partial charge >= 0.3 is 5.97 Å². The summed E-state index contributed by atoms with van der Waals surface area (Å²) in [5.41, 5.74) is 2.15. The number of methoxy groups -OCH3 is 2. The van der Waals surface area contributed by atoms with Gasteiger partial charge in [-0.3, -0.25) is 4.79 Å². The first-order valence-electron chi connectivity index (χ1n) is 6.09. The molecule has 0 aliphatic carbocycles. The van der Waals surface area contributed by atoms with Crippen LogP contribution in [0.4, 0.5) is 0 Å². The van der Waals surface area contributed by atoms with E-state index < -0.39 is 12.1 Å². The van der Waals surface area contributed by atoms with Gasteiger partial charge in [0.1, 0.15) is 5.75 Å². The van der Waals surface area contributed by atoms with Gasteiger partial charge < -0.3 is 19.9 Å². The number of amides is 1. The minimum atomic E-state index is -1.12. The van der Waals surface area contributed by atoms with Crippen molar-refractivity contribution in [2.24, 2.45) is 0 Å². The number of nitrogens with one attached hydrogen (secondary N) is 1. The van der Waals surface area contributed by atoms with Gasteiger partial charge in [0, 0.05) is 12.7 Å². The van der Waals surface area contributed by atoms with Crippen molar-refractivity contribution in [3.05, 3.63) is 28.8 Å². The molecule has 1 aromatic rings. The fourth-order valence-electron chi connectivity index (χ4n) is 1.96. The number of carboxylic acid groups (broad SMARTS) is 1. The highest BCUT2D eigenvalue weighted by atomic mass is 16.5. The van der Waals surface area contributed by atoms with Crippen molar-refractivity contribution >= 4 is 11.9 Å². The minimum Gasteiger partial charge on any atom is -0.496 e. The Morgan fingerprint density at radius 1 is 1.25 bits per heavy atom. The summed E-state index contributed by atoms with van der Waals surface area (Å²) in [5, 5.41) is 11.4. The minimum absolute atomic E-state index is 0.0885. The molecule has 6 nitrogen and oxygen atoms in total. The number of aryl methyl sites for hydroxylation is 2. The number of carbonyl (C=O) groups is 2. The van der Waals surface area contributed by atoms with Gasteiger partial charge in [-0.15, -0.1) is 0 Å². The second kappa shape index (κ2) is 6.91. The Bertz CT molecular complexity index is 489. The Kier molecular flexibility index (Phi) is 5.52. The van der Waals surface area contributed by atoms with Crippen LogP contribution in [-0.4, -0.2) is 43.9 Å². The van der Waals surface area contributed by atoms with Gasteiger partial charge in [0.05, 0.1) is 13.7 Å². The van der Waals surface area contributed by atoms with Gasteiger partial charge in [-0.25, -0.2) is 4.79 Å². The van der Waals surface area contributed by atoms with E-state index in [9.17, 15) is 9.59 Å². The maximum atomic E-state index is 12.0. The number of hydrogen-bond donors (Lipinski definition) is 2. The van der Waals surface area contributed by atoms with Crippen LogP contribution >= 0.6 is 0 Å². The lowest BCUT2D eigenvalue weighted by Crippen LogP contribution is -2.37. The van der Waals surface area contributed by atoms with Gasteiger partial charge in [0.2, 0.25) is 0 Å². The van der Waals surface area contributed by atoms with E-state index in [4.69, 9.17) is 14.6 Å². The summed E-state index contributed by atoms with van der Waals surface area (Å²) in [6.07, 6.45) is -1.06. The highest BCUT2D eigenvalue weighted by molar-refractivity contribution is 5.95. The number of aliphatic carboxylic acids is 1. The molecule has 0 radical (unpaired) electrons. The maximum absolute atomic E-state index is 12.0. The molecule has 2 N–H and O–H groups in total. The second-order valence-electron chi connectivity index (χ2n) is 4.42. The van der Waals surface area contributed by atoms with Crippen LogP contribution < -0.4 is 10.1 Å². The number of carbonyl (C=O) groups excluding carboxylic acids is 1. The van der Waals surface area contributed by atoms with Gasteiger partial charge in [-0.2, -0.15) is 0 Å². The van der Waals surface area contributed by atoms with Crippen molar-refractivity contribution < 1.29 is 24.2 Å². The van der Waals surface area contributed by atoms with Crippen molar-refractivity contribution in [2.75, 3.05) is 20.8 Å². The normalized spacial score (nSPS) is 11.8. The molecule has 0 aliphatic rings.